The number of rotatable bonds is 8. The molecule has 172 valence electrons. The van der Waals surface area contributed by atoms with Crippen LogP contribution < -0.4 is 10.0 Å². The number of carbonyl (C=O) groups excluding carboxylic acids is 1. The van der Waals surface area contributed by atoms with Crippen LogP contribution in [0.15, 0.2) is 83.8 Å². The number of hydrogen-bond acceptors (Lipinski definition) is 4. The van der Waals surface area contributed by atoms with Crippen LogP contribution in [-0.4, -0.2) is 38.9 Å². The highest BCUT2D eigenvalue weighted by molar-refractivity contribution is 7.92. The summed E-state index contributed by atoms with van der Waals surface area (Å²) in [5.74, 6) is -0.289. The Morgan fingerprint density at radius 1 is 0.939 bits per heavy atom. The summed E-state index contributed by atoms with van der Waals surface area (Å²) < 4.78 is 28.2. The van der Waals surface area contributed by atoms with Crippen molar-refractivity contribution >= 4 is 21.6 Å². The van der Waals surface area contributed by atoms with Crippen molar-refractivity contribution in [2.24, 2.45) is 0 Å². The molecule has 1 heterocycles. The normalized spacial score (nSPS) is 15.2. The Kier molecular flexibility index (Phi) is 7.11. The van der Waals surface area contributed by atoms with Crippen LogP contribution in [0.25, 0.3) is 0 Å². The van der Waals surface area contributed by atoms with Gasteiger partial charge in [0, 0.05) is 17.8 Å². The van der Waals surface area contributed by atoms with Crippen LogP contribution in [0.1, 0.15) is 40.4 Å². The largest absolute Gasteiger partial charge is 0.350 e. The van der Waals surface area contributed by atoms with Crippen LogP contribution in [0.5, 0.6) is 0 Å². The SMILES string of the molecule is Cc1ccc(NS(=O)(=O)c2cccc(C(=O)NC[C@H](c3ccccc3)N3CCCC3)c2)cc1. The van der Waals surface area contributed by atoms with Gasteiger partial charge in [-0.2, -0.15) is 0 Å². The fraction of sp³-hybridized carbons (Fsp3) is 0.269. The van der Waals surface area contributed by atoms with Crippen molar-refractivity contribution in [1.29, 1.82) is 0 Å². The molecule has 0 saturated carbocycles. The first-order valence-corrected chi connectivity index (χ1v) is 12.7. The molecular weight excluding hydrogens is 434 g/mol. The lowest BCUT2D eigenvalue weighted by molar-refractivity contribution is 0.0937. The van der Waals surface area contributed by atoms with Crippen molar-refractivity contribution < 1.29 is 13.2 Å². The van der Waals surface area contributed by atoms with Crippen LogP contribution >= 0.6 is 0 Å². The lowest BCUT2D eigenvalue weighted by atomic mass is 10.1. The molecule has 0 spiro atoms. The summed E-state index contributed by atoms with van der Waals surface area (Å²) in [6.07, 6.45) is 2.32. The smallest absolute Gasteiger partial charge is 0.261 e. The number of aryl methyl sites for hydroxylation is 1. The van der Waals surface area contributed by atoms with E-state index in [1.54, 1.807) is 24.3 Å². The quantitative estimate of drug-likeness (QED) is 0.520. The van der Waals surface area contributed by atoms with E-state index in [9.17, 15) is 13.2 Å². The maximum Gasteiger partial charge on any atom is 0.261 e. The number of nitrogens with zero attached hydrogens (tertiary/aromatic N) is 1. The van der Waals surface area contributed by atoms with Gasteiger partial charge in [-0.1, -0.05) is 54.1 Å². The fourth-order valence-corrected chi connectivity index (χ4v) is 5.22. The van der Waals surface area contributed by atoms with Crippen molar-refractivity contribution in [2.75, 3.05) is 24.4 Å². The third-order valence-electron chi connectivity index (χ3n) is 5.93. The van der Waals surface area contributed by atoms with Crippen LogP contribution in [0.3, 0.4) is 0 Å². The number of anilines is 1. The van der Waals surface area contributed by atoms with Crippen LogP contribution in [0, 0.1) is 6.92 Å². The summed E-state index contributed by atoms with van der Waals surface area (Å²) in [6.45, 7) is 4.41. The predicted molar refractivity (Wildman–Crippen MR) is 131 cm³/mol. The predicted octanol–water partition coefficient (Wildman–Crippen LogP) is 4.36. The fourth-order valence-electron chi connectivity index (χ4n) is 4.12. The van der Waals surface area contributed by atoms with Crippen molar-refractivity contribution in [3.8, 4) is 0 Å². The molecule has 0 radical (unpaired) electrons. The lowest BCUT2D eigenvalue weighted by Crippen LogP contribution is -2.36. The summed E-state index contributed by atoms with van der Waals surface area (Å²) in [4.78, 5) is 15.4. The number of hydrogen-bond donors (Lipinski definition) is 2. The zero-order chi connectivity index (χ0) is 23.3. The molecule has 1 saturated heterocycles. The third-order valence-corrected chi connectivity index (χ3v) is 7.31. The molecule has 33 heavy (non-hydrogen) atoms. The number of benzene rings is 3. The van der Waals surface area contributed by atoms with Crippen LogP contribution in [0.4, 0.5) is 5.69 Å². The number of nitrogens with one attached hydrogen (secondary N) is 2. The minimum absolute atomic E-state index is 0.0508. The molecule has 3 aromatic carbocycles. The molecule has 0 unspecified atom stereocenters. The molecule has 2 N–H and O–H groups in total. The zero-order valence-corrected chi connectivity index (χ0v) is 19.5. The van der Waals surface area contributed by atoms with E-state index < -0.39 is 10.0 Å². The standard InChI is InChI=1S/C26H29N3O3S/c1-20-12-14-23(15-13-20)28-33(31,32)24-11-7-10-22(18-24)26(30)27-19-25(29-16-5-6-17-29)21-8-3-2-4-9-21/h2-4,7-15,18,25,28H,5-6,16-17,19H2,1H3,(H,27,30)/t25-/m1/s1. The molecule has 1 amide bonds. The van der Waals surface area contributed by atoms with E-state index in [-0.39, 0.29) is 16.8 Å². The summed E-state index contributed by atoms with van der Waals surface area (Å²) in [7, 11) is -3.81. The average Bonchev–Trinajstić information content (AvgIpc) is 3.36. The highest BCUT2D eigenvalue weighted by Crippen LogP contribution is 2.25. The van der Waals surface area contributed by atoms with Gasteiger partial charge in [0.25, 0.3) is 15.9 Å². The number of sulfonamides is 1. The van der Waals surface area contributed by atoms with Gasteiger partial charge in [0.2, 0.25) is 0 Å². The molecule has 4 rings (SSSR count). The van der Waals surface area contributed by atoms with E-state index in [0.717, 1.165) is 31.5 Å². The molecule has 1 aliphatic heterocycles. The molecule has 6 nitrogen and oxygen atoms in total. The Hall–Kier alpha value is -3.16. The Labute approximate surface area is 195 Å². The molecule has 1 atom stereocenters. The molecule has 1 aliphatic rings. The Morgan fingerprint density at radius 2 is 1.64 bits per heavy atom. The zero-order valence-electron chi connectivity index (χ0n) is 18.7. The first-order valence-electron chi connectivity index (χ1n) is 11.2. The van der Waals surface area contributed by atoms with E-state index in [0.29, 0.717) is 17.8 Å². The second kappa shape index (κ2) is 10.2. The molecule has 7 heteroatoms. The summed E-state index contributed by atoms with van der Waals surface area (Å²) >= 11 is 0. The molecule has 0 aromatic heterocycles. The van der Waals surface area contributed by atoms with Crippen molar-refractivity contribution in [1.82, 2.24) is 10.2 Å². The highest BCUT2D eigenvalue weighted by atomic mass is 32.2. The maximum atomic E-state index is 12.9. The molecule has 0 aliphatic carbocycles. The second-order valence-corrected chi connectivity index (χ2v) is 10.1. The van der Waals surface area contributed by atoms with Gasteiger partial charge < -0.3 is 5.32 Å². The minimum atomic E-state index is -3.81. The van der Waals surface area contributed by atoms with Crippen LogP contribution in [-0.2, 0) is 10.0 Å². The van der Waals surface area contributed by atoms with Crippen molar-refractivity contribution in [2.45, 2.75) is 30.7 Å². The van der Waals surface area contributed by atoms with E-state index in [1.165, 1.54) is 17.7 Å². The van der Waals surface area contributed by atoms with Gasteiger partial charge in [-0.15, -0.1) is 0 Å². The topological polar surface area (TPSA) is 78.5 Å². The van der Waals surface area contributed by atoms with Gasteiger partial charge in [0.1, 0.15) is 0 Å². The van der Waals surface area contributed by atoms with Gasteiger partial charge in [-0.3, -0.25) is 14.4 Å². The summed E-state index contributed by atoms with van der Waals surface area (Å²) in [6, 6.07) is 23.5. The third kappa shape index (κ3) is 5.80. The van der Waals surface area contributed by atoms with Gasteiger partial charge in [-0.25, -0.2) is 8.42 Å². The van der Waals surface area contributed by atoms with E-state index in [2.05, 4.69) is 27.1 Å². The first-order chi connectivity index (χ1) is 15.9. The van der Waals surface area contributed by atoms with E-state index >= 15 is 0 Å². The summed E-state index contributed by atoms with van der Waals surface area (Å²) in [5, 5.41) is 3.01. The van der Waals surface area contributed by atoms with Gasteiger partial charge >= 0.3 is 0 Å². The van der Waals surface area contributed by atoms with Gasteiger partial charge in [-0.05, 0) is 68.8 Å². The lowest BCUT2D eigenvalue weighted by Gasteiger charge is -2.28. The molecule has 1 fully saturated rings. The van der Waals surface area contributed by atoms with Crippen molar-refractivity contribution in [3.05, 3.63) is 95.6 Å². The monoisotopic (exact) mass is 463 g/mol. The van der Waals surface area contributed by atoms with Gasteiger partial charge in [0.05, 0.1) is 10.9 Å². The Balaban J connectivity index is 1.47. The van der Waals surface area contributed by atoms with Crippen LogP contribution in [0.2, 0.25) is 0 Å². The van der Waals surface area contributed by atoms with Crippen molar-refractivity contribution in [3.63, 3.8) is 0 Å². The van der Waals surface area contributed by atoms with E-state index in [4.69, 9.17) is 0 Å². The van der Waals surface area contributed by atoms with E-state index in [1.807, 2.05) is 37.3 Å². The maximum absolute atomic E-state index is 12.9. The second-order valence-electron chi connectivity index (χ2n) is 8.38. The Morgan fingerprint density at radius 3 is 2.33 bits per heavy atom. The number of amides is 1. The first kappa shape index (κ1) is 23.0. The minimum Gasteiger partial charge on any atom is -0.350 e. The molecule has 0 bridgehead atoms. The highest BCUT2D eigenvalue weighted by Gasteiger charge is 2.24. The van der Waals surface area contributed by atoms with Gasteiger partial charge in [0.15, 0.2) is 0 Å². The number of carbonyl (C=O) groups is 1. The molecule has 3 aromatic rings. The number of likely N-dealkylation sites (tertiary alicyclic amines) is 1. The molecular formula is C26H29N3O3S. The Bertz CT molecular complexity index is 1190. The summed E-state index contributed by atoms with van der Waals surface area (Å²) in [5.41, 5.74) is 3.00. The average molecular weight is 464 g/mol.